The minimum atomic E-state index is -0.344. The number of aromatic nitrogens is 3. The Labute approximate surface area is 355 Å². The molecule has 6 aromatic rings. The lowest BCUT2D eigenvalue weighted by Gasteiger charge is -2.46. The standard InChI is InChI=1S/C49H57BN6O4/c1-35-32-56(39-22-20-38(21-23-39)50-59-48(2,3)49(4,5)60-50)27-26-42(35)54-28-30-55(31-29-54)43-19-13-18-40-45(52-53(6)46(40)43)41-24-25-44(57-33-36-14-9-7-10-15-36)51-47(41)58-34-37-16-11-8-12-17-37/h7-25,35,42H,26-34H2,1-6H3/t35-,42+/m0/s1. The predicted molar refractivity (Wildman–Crippen MR) is 241 cm³/mol. The van der Waals surface area contributed by atoms with E-state index in [1.165, 1.54) is 11.4 Å². The van der Waals surface area contributed by atoms with Crippen LogP contribution in [0.5, 0.6) is 11.8 Å². The van der Waals surface area contributed by atoms with Crippen molar-refractivity contribution in [2.24, 2.45) is 13.0 Å². The molecule has 0 N–H and O–H groups in total. The van der Waals surface area contributed by atoms with Crippen molar-refractivity contribution in [1.29, 1.82) is 0 Å². The minimum absolute atomic E-state index is 0.335. The highest BCUT2D eigenvalue weighted by Gasteiger charge is 2.51. The van der Waals surface area contributed by atoms with Crippen LogP contribution in [-0.2, 0) is 29.6 Å². The van der Waals surface area contributed by atoms with Gasteiger partial charge in [-0.15, -0.1) is 0 Å². The first-order valence-corrected chi connectivity index (χ1v) is 21.5. The van der Waals surface area contributed by atoms with Gasteiger partial charge in [-0.2, -0.15) is 10.1 Å². The fraction of sp³-hybridized carbons (Fsp3) is 0.388. The Hall–Kier alpha value is -5.36. The molecule has 5 heterocycles. The van der Waals surface area contributed by atoms with Gasteiger partial charge in [0.1, 0.15) is 18.9 Å². The predicted octanol–water partition coefficient (Wildman–Crippen LogP) is 8.13. The third-order valence-electron chi connectivity index (χ3n) is 13.1. The smallest absolute Gasteiger partial charge is 0.473 e. The summed E-state index contributed by atoms with van der Waals surface area (Å²) in [5.74, 6) is 1.57. The van der Waals surface area contributed by atoms with Crippen molar-refractivity contribution < 1.29 is 18.8 Å². The van der Waals surface area contributed by atoms with Gasteiger partial charge in [-0.05, 0) is 80.9 Å². The second-order valence-corrected chi connectivity index (χ2v) is 17.7. The number of ether oxygens (including phenoxy) is 2. The number of piperidine rings is 1. The van der Waals surface area contributed by atoms with Gasteiger partial charge in [0.05, 0.1) is 28.0 Å². The summed E-state index contributed by atoms with van der Waals surface area (Å²) in [6.07, 6.45) is 1.15. The maximum absolute atomic E-state index is 6.45. The van der Waals surface area contributed by atoms with Crippen molar-refractivity contribution in [3.63, 3.8) is 0 Å². The molecule has 2 aromatic heterocycles. The van der Waals surface area contributed by atoms with Gasteiger partial charge >= 0.3 is 7.12 Å². The first-order valence-electron chi connectivity index (χ1n) is 21.5. The normalized spacial score (nSPS) is 20.5. The molecule has 9 rings (SSSR count). The van der Waals surface area contributed by atoms with Gasteiger partial charge in [0.15, 0.2) is 0 Å². The molecular weight excluding hydrogens is 747 g/mol. The van der Waals surface area contributed by atoms with Gasteiger partial charge in [0.25, 0.3) is 0 Å². The summed E-state index contributed by atoms with van der Waals surface area (Å²) in [5, 5.41) is 6.20. The van der Waals surface area contributed by atoms with Gasteiger partial charge in [-0.1, -0.05) is 91.9 Å². The van der Waals surface area contributed by atoms with E-state index in [2.05, 4.69) is 104 Å². The molecule has 2 atom stereocenters. The van der Waals surface area contributed by atoms with E-state index in [0.717, 1.165) is 84.4 Å². The molecule has 11 heteroatoms. The maximum Gasteiger partial charge on any atom is 0.494 e. The number of fused-ring (bicyclic) bond motifs is 1. The van der Waals surface area contributed by atoms with Crippen LogP contribution in [0.1, 0.15) is 52.2 Å². The second-order valence-electron chi connectivity index (χ2n) is 17.7. The molecule has 0 radical (unpaired) electrons. The van der Waals surface area contributed by atoms with Gasteiger partial charge < -0.3 is 28.6 Å². The van der Waals surface area contributed by atoms with E-state index < -0.39 is 0 Å². The Bertz CT molecular complexity index is 2380. The minimum Gasteiger partial charge on any atom is -0.473 e. The summed E-state index contributed by atoms with van der Waals surface area (Å²) < 4.78 is 27.2. The van der Waals surface area contributed by atoms with Gasteiger partial charge in [-0.25, -0.2) is 0 Å². The molecule has 4 aromatic carbocycles. The van der Waals surface area contributed by atoms with Crippen LogP contribution >= 0.6 is 0 Å². The quantitative estimate of drug-likeness (QED) is 0.121. The third-order valence-corrected chi connectivity index (χ3v) is 13.1. The largest absolute Gasteiger partial charge is 0.494 e. The third kappa shape index (κ3) is 8.10. The number of anilines is 2. The molecule has 310 valence electrons. The number of rotatable bonds is 11. The Kier molecular flexibility index (Phi) is 11.1. The molecule has 3 saturated heterocycles. The van der Waals surface area contributed by atoms with Crippen molar-refractivity contribution >= 4 is 34.9 Å². The Morgan fingerprint density at radius 2 is 1.35 bits per heavy atom. The van der Waals surface area contributed by atoms with E-state index in [-0.39, 0.29) is 18.3 Å². The molecule has 0 amide bonds. The van der Waals surface area contributed by atoms with Crippen molar-refractivity contribution in [2.75, 3.05) is 49.1 Å². The number of benzene rings is 4. The number of hydrogen-bond donors (Lipinski definition) is 0. The zero-order chi connectivity index (χ0) is 41.4. The number of para-hydroxylation sites is 1. The van der Waals surface area contributed by atoms with Crippen molar-refractivity contribution in [2.45, 2.75) is 71.5 Å². The topological polar surface area (TPSA) is 77.4 Å². The monoisotopic (exact) mass is 804 g/mol. The summed E-state index contributed by atoms with van der Waals surface area (Å²) in [5.41, 5.74) is 7.82. The highest BCUT2D eigenvalue weighted by Crippen LogP contribution is 2.40. The lowest BCUT2D eigenvalue weighted by molar-refractivity contribution is 0.00578. The average Bonchev–Trinajstić information content (AvgIpc) is 3.72. The molecule has 0 spiro atoms. The number of pyridine rings is 1. The van der Waals surface area contributed by atoms with Crippen molar-refractivity contribution in [3.05, 3.63) is 126 Å². The highest BCUT2D eigenvalue weighted by atomic mass is 16.7. The number of hydrogen-bond acceptors (Lipinski definition) is 9. The van der Waals surface area contributed by atoms with Crippen LogP contribution in [0.15, 0.2) is 115 Å². The van der Waals surface area contributed by atoms with Crippen LogP contribution in [0.4, 0.5) is 11.4 Å². The van der Waals surface area contributed by atoms with Crippen LogP contribution in [0.2, 0.25) is 0 Å². The lowest BCUT2D eigenvalue weighted by Crippen LogP contribution is -2.56. The molecule has 0 saturated carbocycles. The van der Waals surface area contributed by atoms with Gasteiger partial charge in [-0.3, -0.25) is 9.58 Å². The Morgan fingerprint density at radius 1 is 0.700 bits per heavy atom. The molecular formula is C49H57BN6O4. The fourth-order valence-electron chi connectivity index (χ4n) is 9.05. The highest BCUT2D eigenvalue weighted by molar-refractivity contribution is 6.62. The van der Waals surface area contributed by atoms with Crippen molar-refractivity contribution in [3.8, 4) is 23.0 Å². The van der Waals surface area contributed by atoms with E-state index in [1.54, 1.807) is 0 Å². The lowest BCUT2D eigenvalue weighted by atomic mass is 9.79. The number of piperazine rings is 1. The Balaban J connectivity index is 0.871. The summed E-state index contributed by atoms with van der Waals surface area (Å²) in [6, 6.07) is 40.2. The summed E-state index contributed by atoms with van der Waals surface area (Å²) in [6.45, 7) is 17.7. The van der Waals surface area contributed by atoms with Crippen LogP contribution in [-0.4, -0.2) is 83.3 Å². The first-order chi connectivity index (χ1) is 29.0. The average molecular weight is 805 g/mol. The number of aryl methyl sites for hydroxylation is 1. The molecule has 3 fully saturated rings. The SMILES string of the molecule is C[C@H]1CN(c2ccc(B3OC(C)(C)C(C)(C)O3)cc2)CC[C@H]1N1CCN(c2cccc3c(-c4ccc(OCc5ccccc5)nc4OCc4ccccc4)nn(C)c23)CC1. The van der Waals surface area contributed by atoms with E-state index in [0.29, 0.717) is 36.9 Å². The first kappa shape index (κ1) is 40.1. The Morgan fingerprint density at radius 3 is 2.00 bits per heavy atom. The van der Waals surface area contributed by atoms with E-state index in [1.807, 2.05) is 72.4 Å². The zero-order valence-corrected chi connectivity index (χ0v) is 35.9. The number of nitrogens with zero attached hydrogens (tertiary/aromatic N) is 6. The zero-order valence-electron chi connectivity index (χ0n) is 35.9. The molecule has 3 aliphatic heterocycles. The van der Waals surface area contributed by atoms with E-state index >= 15 is 0 Å². The second kappa shape index (κ2) is 16.6. The molecule has 0 unspecified atom stereocenters. The van der Waals surface area contributed by atoms with E-state index in [4.69, 9.17) is 28.9 Å². The van der Waals surface area contributed by atoms with Crippen LogP contribution < -0.4 is 24.7 Å². The molecule has 3 aliphatic rings. The molecule has 10 nitrogen and oxygen atoms in total. The summed E-state index contributed by atoms with van der Waals surface area (Å²) in [7, 11) is 1.71. The van der Waals surface area contributed by atoms with Crippen LogP contribution in [0.3, 0.4) is 0 Å². The van der Waals surface area contributed by atoms with Gasteiger partial charge in [0.2, 0.25) is 11.8 Å². The summed E-state index contributed by atoms with van der Waals surface area (Å²) in [4.78, 5) is 12.7. The molecule has 0 aliphatic carbocycles. The van der Waals surface area contributed by atoms with Crippen LogP contribution in [0, 0.1) is 5.92 Å². The van der Waals surface area contributed by atoms with E-state index in [9.17, 15) is 0 Å². The maximum atomic E-state index is 6.45. The molecule has 0 bridgehead atoms. The van der Waals surface area contributed by atoms with Gasteiger partial charge in [0, 0.05) is 69.5 Å². The van der Waals surface area contributed by atoms with Crippen LogP contribution in [0.25, 0.3) is 22.2 Å². The summed E-state index contributed by atoms with van der Waals surface area (Å²) >= 11 is 0. The van der Waals surface area contributed by atoms with Crippen molar-refractivity contribution in [1.82, 2.24) is 19.7 Å². The fourth-order valence-corrected chi connectivity index (χ4v) is 9.05. The molecule has 60 heavy (non-hydrogen) atoms.